The van der Waals surface area contributed by atoms with Crippen LogP contribution >= 0.6 is 11.6 Å². The molecule has 21 heavy (non-hydrogen) atoms. The first-order valence-corrected chi connectivity index (χ1v) is 7.95. The number of carbonyl (C=O) groups excluding carboxylic acids is 1. The van der Waals surface area contributed by atoms with Crippen LogP contribution in [-0.4, -0.2) is 15.9 Å². The lowest BCUT2D eigenvalue weighted by Crippen LogP contribution is -2.19. The van der Waals surface area contributed by atoms with Crippen LogP contribution in [0.4, 0.5) is 11.4 Å². The fourth-order valence-electron chi connectivity index (χ4n) is 1.72. The molecule has 0 saturated carbocycles. The van der Waals surface area contributed by atoms with E-state index < -0.39 is 10.8 Å². The van der Waals surface area contributed by atoms with E-state index in [1.807, 2.05) is 19.1 Å². The Kier molecular flexibility index (Phi) is 4.98. The number of nitrogen functional groups attached to an aromatic ring is 1. The van der Waals surface area contributed by atoms with Crippen molar-refractivity contribution >= 4 is 39.7 Å². The lowest BCUT2D eigenvalue weighted by atomic mass is 10.2. The number of hydrogen-bond donors (Lipinski definition) is 2. The van der Waals surface area contributed by atoms with Gasteiger partial charge in [0.2, 0.25) is 5.91 Å². The number of nitrogens with two attached hydrogens (primary N) is 1. The van der Waals surface area contributed by atoms with E-state index >= 15 is 0 Å². The topological polar surface area (TPSA) is 72.2 Å². The van der Waals surface area contributed by atoms with Gasteiger partial charge in [-0.15, -0.1) is 0 Å². The Morgan fingerprint density at radius 2 is 1.90 bits per heavy atom. The summed E-state index contributed by atoms with van der Waals surface area (Å²) < 4.78 is 12.1. The van der Waals surface area contributed by atoms with E-state index in [-0.39, 0.29) is 11.7 Å². The Labute approximate surface area is 130 Å². The second kappa shape index (κ2) is 6.74. The molecule has 2 aromatic rings. The molecule has 110 valence electrons. The molecule has 0 heterocycles. The van der Waals surface area contributed by atoms with Crippen molar-refractivity contribution in [1.82, 2.24) is 0 Å². The van der Waals surface area contributed by atoms with E-state index in [9.17, 15) is 9.00 Å². The number of benzene rings is 2. The zero-order valence-electron chi connectivity index (χ0n) is 11.4. The summed E-state index contributed by atoms with van der Waals surface area (Å²) in [6, 6.07) is 12.0. The summed E-state index contributed by atoms with van der Waals surface area (Å²) in [6.45, 7) is 1.95. The first-order chi connectivity index (χ1) is 9.95. The monoisotopic (exact) mass is 322 g/mol. The van der Waals surface area contributed by atoms with E-state index in [0.717, 1.165) is 5.56 Å². The van der Waals surface area contributed by atoms with E-state index in [1.54, 1.807) is 30.3 Å². The number of carbonyl (C=O) groups is 1. The lowest BCUT2D eigenvalue weighted by molar-refractivity contribution is -0.113. The number of hydrogen-bond acceptors (Lipinski definition) is 3. The highest BCUT2D eigenvalue weighted by molar-refractivity contribution is 7.85. The third-order valence-corrected chi connectivity index (χ3v) is 4.46. The Hall–Kier alpha value is -1.85. The standard InChI is InChI=1S/C15H15ClN2O2S/c1-10-2-5-12(6-3-10)21(20)9-15(19)18-14-8-11(17)4-7-13(14)16/h2-8H,9,17H2,1H3,(H,18,19). The molecule has 2 aromatic carbocycles. The maximum absolute atomic E-state index is 12.1. The van der Waals surface area contributed by atoms with Gasteiger partial charge in [0.05, 0.1) is 21.5 Å². The summed E-state index contributed by atoms with van der Waals surface area (Å²) in [5, 5.41) is 3.01. The molecule has 0 aliphatic carbocycles. The molecule has 6 heteroatoms. The molecular weight excluding hydrogens is 308 g/mol. The molecule has 0 bridgehead atoms. The SMILES string of the molecule is Cc1ccc(S(=O)CC(=O)Nc2cc(N)ccc2Cl)cc1. The van der Waals surface area contributed by atoms with Gasteiger partial charge in [0.1, 0.15) is 5.75 Å². The Morgan fingerprint density at radius 1 is 1.24 bits per heavy atom. The largest absolute Gasteiger partial charge is 0.399 e. The van der Waals surface area contributed by atoms with Gasteiger partial charge in [0.15, 0.2) is 0 Å². The van der Waals surface area contributed by atoms with Crippen molar-refractivity contribution in [3.8, 4) is 0 Å². The zero-order valence-corrected chi connectivity index (χ0v) is 13.0. The summed E-state index contributed by atoms with van der Waals surface area (Å²) in [5.41, 5.74) is 7.63. The molecule has 2 rings (SSSR count). The highest BCUT2D eigenvalue weighted by atomic mass is 35.5. The molecule has 1 atom stereocenters. The predicted octanol–water partition coefficient (Wildman–Crippen LogP) is 2.98. The summed E-state index contributed by atoms with van der Waals surface area (Å²) in [6.07, 6.45) is 0. The molecule has 0 fully saturated rings. The molecule has 0 aromatic heterocycles. The van der Waals surface area contributed by atoms with Crippen LogP contribution < -0.4 is 11.1 Å². The summed E-state index contributed by atoms with van der Waals surface area (Å²) in [7, 11) is -1.39. The van der Waals surface area contributed by atoms with Crippen LogP contribution in [0.1, 0.15) is 5.56 Å². The Bertz CT molecular complexity index is 687. The highest BCUT2D eigenvalue weighted by Crippen LogP contribution is 2.24. The van der Waals surface area contributed by atoms with E-state index in [1.165, 1.54) is 0 Å². The summed E-state index contributed by atoms with van der Waals surface area (Å²) in [4.78, 5) is 12.5. The van der Waals surface area contributed by atoms with Crippen LogP contribution in [0, 0.1) is 6.92 Å². The molecule has 0 saturated heterocycles. The number of halogens is 1. The maximum Gasteiger partial charge on any atom is 0.237 e. The van der Waals surface area contributed by atoms with Gasteiger partial charge in [-0.2, -0.15) is 0 Å². The maximum atomic E-state index is 12.1. The number of amides is 1. The number of nitrogens with one attached hydrogen (secondary N) is 1. The van der Waals surface area contributed by atoms with Crippen LogP contribution in [0.25, 0.3) is 0 Å². The molecular formula is C15H15ClN2O2S. The van der Waals surface area contributed by atoms with Crippen LogP contribution in [0.5, 0.6) is 0 Å². The van der Waals surface area contributed by atoms with Crippen molar-refractivity contribution in [2.24, 2.45) is 0 Å². The quantitative estimate of drug-likeness (QED) is 0.850. The average molecular weight is 323 g/mol. The molecule has 0 aliphatic rings. The molecule has 0 aliphatic heterocycles. The van der Waals surface area contributed by atoms with Crippen LogP contribution in [-0.2, 0) is 15.6 Å². The van der Waals surface area contributed by atoms with Crippen LogP contribution in [0.2, 0.25) is 5.02 Å². The van der Waals surface area contributed by atoms with Gasteiger partial charge >= 0.3 is 0 Å². The smallest absolute Gasteiger partial charge is 0.237 e. The number of anilines is 2. The zero-order chi connectivity index (χ0) is 15.4. The molecule has 4 nitrogen and oxygen atoms in total. The van der Waals surface area contributed by atoms with Gasteiger partial charge < -0.3 is 11.1 Å². The molecule has 0 spiro atoms. The highest BCUT2D eigenvalue weighted by Gasteiger charge is 2.12. The minimum Gasteiger partial charge on any atom is -0.399 e. The van der Waals surface area contributed by atoms with Crippen molar-refractivity contribution < 1.29 is 9.00 Å². The van der Waals surface area contributed by atoms with Gasteiger partial charge in [0, 0.05) is 10.6 Å². The van der Waals surface area contributed by atoms with Crippen molar-refractivity contribution in [3.05, 3.63) is 53.1 Å². The predicted molar refractivity (Wildman–Crippen MR) is 86.9 cm³/mol. The number of rotatable bonds is 4. The van der Waals surface area contributed by atoms with Gasteiger partial charge in [0.25, 0.3) is 0 Å². The van der Waals surface area contributed by atoms with Gasteiger partial charge in [-0.1, -0.05) is 29.3 Å². The van der Waals surface area contributed by atoms with Crippen LogP contribution in [0.3, 0.4) is 0 Å². The second-order valence-corrected chi connectivity index (χ2v) is 6.45. The van der Waals surface area contributed by atoms with Gasteiger partial charge in [-0.3, -0.25) is 9.00 Å². The van der Waals surface area contributed by atoms with E-state index in [4.69, 9.17) is 17.3 Å². The molecule has 3 N–H and O–H groups in total. The fourth-order valence-corrected chi connectivity index (χ4v) is 2.80. The van der Waals surface area contributed by atoms with E-state index in [0.29, 0.717) is 21.3 Å². The van der Waals surface area contributed by atoms with Crippen molar-refractivity contribution in [1.29, 1.82) is 0 Å². The normalized spacial score (nSPS) is 11.9. The van der Waals surface area contributed by atoms with Gasteiger partial charge in [-0.25, -0.2) is 0 Å². The average Bonchev–Trinajstić information content (AvgIpc) is 2.43. The number of aryl methyl sites for hydroxylation is 1. The second-order valence-electron chi connectivity index (χ2n) is 4.59. The third kappa shape index (κ3) is 4.31. The fraction of sp³-hybridized carbons (Fsp3) is 0.133. The Balaban J connectivity index is 2.03. The Morgan fingerprint density at radius 3 is 2.57 bits per heavy atom. The lowest BCUT2D eigenvalue weighted by Gasteiger charge is -2.08. The minimum absolute atomic E-state index is 0.131. The molecule has 1 amide bonds. The minimum atomic E-state index is -1.39. The summed E-state index contributed by atoms with van der Waals surface area (Å²) >= 11 is 5.97. The van der Waals surface area contributed by atoms with Gasteiger partial charge in [-0.05, 0) is 37.3 Å². The molecule has 1 unspecified atom stereocenters. The van der Waals surface area contributed by atoms with Crippen molar-refractivity contribution in [2.75, 3.05) is 16.8 Å². The van der Waals surface area contributed by atoms with Crippen molar-refractivity contribution in [3.63, 3.8) is 0 Å². The summed E-state index contributed by atoms with van der Waals surface area (Å²) in [5.74, 6) is -0.504. The molecule has 0 radical (unpaired) electrons. The first-order valence-electron chi connectivity index (χ1n) is 6.25. The first kappa shape index (κ1) is 15.5. The third-order valence-electron chi connectivity index (χ3n) is 2.81. The van der Waals surface area contributed by atoms with E-state index in [2.05, 4.69) is 5.32 Å². The van der Waals surface area contributed by atoms with Crippen LogP contribution in [0.15, 0.2) is 47.4 Å². The van der Waals surface area contributed by atoms with Crippen molar-refractivity contribution in [2.45, 2.75) is 11.8 Å².